The number of hydrogen-bond donors (Lipinski definition) is 0. The zero-order chi connectivity index (χ0) is 33.7. The average molecular weight is 607 g/mol. The Kier molecular flexibility index (Phi) is 9.67. The summed E-state index contributed by atoms with van der Waals surface area (Å²) >= 11 is 0. The molecule has 0 fully saturated rings. The maximum atomic E-state index is 13.1. The third-order valence-electron chi connectivity index (χ3n) is 7.92. The summed E-state index contributed by atoms with van der Waals surface area (Å²) in [5.41, 5.74) is 3.92. The molecule has 0 N–H and O–H groups in total. The number of methoxy groups -OCH3 is 2. The zero-order valence-corrected chi connectivity index (χ0v) is 26.4. The predicted molar refractivity (Wildman–Crippen MR) is 173 cm³/mol. The third-order valence-corrected chi connectivity index (χ3v) is 7.92. The first-order chi connectivity index (χ1) is 22.1. The highest BCUT2D eigenvalue weighted by Crippen LogP contribution is 2.48. The van der Waals surface area contributed by atoms with Gasteiger partial charge in [0.2, 0.25) is 0 Å². The molecule has 0 bridgehead atoms. The Morgan fingerprint density at radius 3 is 1.17 bits per heavy atom. The summed E-state index contributed by atoms with van der Waals surface area (Å²) in [7, 11) is 2.51. The molecule has 0 spiro atoms. The first kappa shape index (κ1) is 32.7. The predicted octanol–water partition coefficient (Wildman–Crippen LogP) is 8.02. The van der Waals surface area contributed by atoms with Crippen LogP contribution in [-0.2, 0) is 9.47 Å². The van der Waals surface area contributed by atoms with Crippen LogP contribution in [0, 0.1) is 45.3 Å². The highest BCUT2D eigenvalue weighted by molar-refractivity contribution is 6.19. The molecule has 0 heterocycles. The lowest BCUT2D eigenvalue weighted by Gasteiger charge is -2.15. The van der Waals surface area contributed by atoms with Gasteiger partial charge in [-0.15, -0.1) is 0 Å². The summed E-state index contributed by atoms with van der Waals surface area (Å²) < 4.78 is 10.2. The number of esters is 2. The smallest absolute Gasteiger partial charge is 0.338 e. The number of allylic oxidation sites excluding steroid dienone is 4. The lowest BCUT2D eigenvalue weighted by Crippen LogP contribution is -2.00. The fourth-order valence-electron chi connectivity index (χ4n) is 5.54. The van der Waals surface area contributed by atoms with Crippen LogP contribution in [0.5, 0.6) is 0 Å². The molecular weight excluding hydrogens is 576 g/mol. The van der Waals surface area contributed by atoms with Gasteiger partial charge in [0.15, 0.2) is 0 Å². The van der Waals surface area contributed by atoms with Crippen molar-refractivity contribution < 1.29 is 19.1 Å². The van der Waals surface area contributed by atoms with Gasteiger partial charge in [-0.25, -0.2) is 9.59 Å². The van der Waals surface area contributed by atoms with Gasteiger partial charge in [-0.2, -0.15) is 21.0 Å². The number of hydrogen-bond acceptors (Lipinski definition) is 8. The van der Waals surface area contributed by atoms with E-state index >= 15 is 0 Å². The Balaban J connectivity index is 2.24. The summed E-state index contributed by atoms with van der Waals surface area (Å²) in [6, 6.07) is 25.4. The van der Waals surface area contributed by atoms with Crippen LogP contribution < -0.4 is 0 Å². The first-order valence-electron chi connectivity index (χ1n) is 14.5. The number of carbonyl (C=O) groups excluding carboxylic acids is 2. The molecule has 0 unspecified atom stereocenters. The molecule has 0 aliphatic heterocycles. The molecule has 0 amide bonds. The number of nitriles is 4. The molecule has 0 saturated heterocycles. The van der Waals surface area contributed by atoms with E-state index in [1.54, 1.807) is 24.3 Å². The van der Waals surface area contributed by atoms with E-state index < -0.39 is 23.1 Å². The molecule has 46 heavy (non-hydrogen) atoms. The molecule has 0 atom stereocenters. The van der Waals surface area contributed by atoms with Crippen molar-refractivity contribution in [1.29, 1.82) is 21.0 Å². The number of ether oxygens (including phenoxy) is 2. The second-order valence-corrected chi connectivity index (χ2v) is 11.2. The minimum absolute atomic E-state index is 0.0283. The largest absolute Gasteiger partial charge is 0.465 e. The molecule has 0 aromatic rings. The van der Waals surface area contributed by atoms with E-state index in [2.05, 4.69) is 0 Å². The van der Waals surface area contributed by atoms with E-state index in [0.29, 0.717) is 22.3 Å². The summed E-state index contributed by atoms with van der Waals surface area (Å²) in [4.78, 5) is 26.2. The van der Waals surface area contributed by atoms with Crippen molar-refractivity contribution in [2.24, 2.45) is 0 Å². The first-order valence-corrected chi connectivity index (χ1v) is 14.5. The monoisotopic (exact) mass is 606 g/mol. The Bertz CT molecular complexity index is 1880. The van der Waals surface area contributed by atoms with Gasteiger partial charge >= 0.3 is 11.9 Å². The lowest BCUT2D eigenvalue weighted by atomic mass is 9.84. The zero-order valence-electron chi connectivity index (χ0n) is 26.4. The highest BCUT2D eigenvalue weighted by Gasteiger charge is 2.32. The Morgan fingerprint density at radius 2 is 0.891 bits per heavy atom. The van der Waals surface area contributed by atoms with Gasteiger partial charge in [-0.3, -0.25) is 0 Å². The molecule has 0 aromatic carbocycles. The Labute approximate surface area is 268 Å². The Hall–Kier alpha value is -6.22. The average Bonchev–Trinajstić information content (AvgIpc) is 3.36. The van der Waals surface area contributed by atoms with Crippen molar-refractivity contribution in [1.82, 2.24) is 0 Å². The van der Waals surface area contributed by atoms with Crippen LogP contribution in [0.1, 0.15) is 82.5 Å². The molecule has 4 aliphatic carbocycles. The Morgan fingerprint density at radius 1 is 0.543 bits per heavy atom. The van der Waals surface area contributed by atoms with Crippen molar-refractivity contribution in [3.8, 4) is 46.5 Å². The standard InChI is InChI=1S/C38H30N4O4/c1-21(2)23-9-7-11-27-29(13-23)33(37(43)45-5)15-31(27)35(25(17-39)18-40)36(26(19-41)20-42)32-16-34(38(44)46-6)30-14-24(22(3)4)10-8-12-28(30)32/h7-16,21-22H,1-6H3. The van der Waals surface area contributed by atoms with E-state index in [1.807, 2.05) is 76.2 Å². The van der Waals surface area contributed by atoms with Crippen molar-refractivity contribution in [3.05, 3.63) is 105 Å². The van der Waals surface area contributed by atoms with Crippen molar-refractivity contribution in [3.63, 3.8) is 0 Å². The molecule has 0 aromatic heterocycles. The number of carbonyl (C=O) groups is 2. The van der Waals surface area contributed by atoms with Crippen LogP contribution >= 0.6 is 0 Å². The quantitative estimate of drug-likeness (QED) is 0.117. The van der Waals surface area contributed by atoms with E-state index in [9.17, 15) is 30.6 Å². The van der Waals surface area contributed by atoms with Crippen molar-refractivity contribution in [2.45, 2.75) is 39.5 Å². The molecule has 8 heteroatoms. The second kappa shape index (κ2) is 13.6. The van der Waals surface area contributed by atoms with E-state index in [1.165, 1.54) is 26.4 Å². The van der Waals surface area contributed by atoms with Gasteiger partial charge < -0.3 is 9.47 Å². The maximum absolute atomic E-state index is 13.1. The van der Waals surface area contributed by atoms with Crippen LogP contribution in [0.25, 0.3) is 33.4 Å². The van der Waals surface area contributed by atoms with Crippen molar-refractivity contribution in [2.75, 3.05) is 14.2 Å². The van der Waals surface area contributed by atoms with Crippen LogP contribution in [0.4, 0.5) is 0 Å². The lowest BCUT2D eigenvalue weighted by molar-refractivity contribution is 0.0593. The third kappa shape index (κ3) is 5.81. The van der Waals surface area contributed by atoms with Gasteiger partial charge in [-0.05, 0) is 68.5 Å². The maximum Gasteiger partial charge on any atom is 0.338 e. The molecule has 8 nitrogen and oxygen atoms in total. The van der Waals surface area contributed by atoms with E-state index in [-0.39, 0.29) is 45.2 Å². The van der Waals surface area contributed by atoms with Gasteiger partial charge in [0.25, 0.3) is 0 Å². The SMILES string of the molecule is COC(=O)c1cc(C(=C(C#N)C#N)C(=C(C#N)C#N)c2cc(C(=O)OC)c3cc(C(C)C)cccc2-3)c2cccc(C(C)C)cc1-2. The molecule has 0 radical (unpaired) electrons. The fourth-order valence-corrected chi connectivity index (χ4v) is 5.54. The van der Waals surface area contributed by atoms with Gasteiger partial charge in [0.05, 0.1) is 25.3 Å². The molecule has 226 valence electrons. The molecule has 0 saturated carbocycles. The molecule has 4 rings (SSSR count). The van der Waals surface area contributed by atoms with Crippen LogP contribution in [0.2, 0.25) is 0 Å². The fraction of sp³-hybridized carbons (Fsp3) is 0.211. The highest BCUT2D eigenvalue weighted by atomic mass is 16.5. The van der Waals surface area contributed by atoms with E-state index in [0.717, 1.165) is 11.1 Å². The summed E-state index contributed by atoms with van der Waals surface area (Å²) in [5.74, 6) is -1.07. The number of rotatable bonds is 7. The topological polar surface area (TPSA) is 148 Å². The minimum atomic E-state index is -0.640. The summed E-state index contributed by atoms with van der Waals surface area (Å²) in [6.07, 6.45) is 0. The molecule has 4 aliphatic rings. The van der Waals surface area contributed by atoms with Crippen LogP contribution in [0.15, 0.2) is 71.8 Å². The number of fused-ring (bicyclic) bond motifs is 2. The normalized spacial score (nSPS) is 10.4. The summed E-state index contributed by atoms with van der Waals surface area (Å²) in [6.45, 7) is 8.03. The minimum Gasteiger partial charge on any atom is -0.465 e. The van der Waals surface area contributed by atoms with Gasteiger partial charge in [-0.1, -0.05) is 76.2 Å². The van der Waals surface area contributed by atoms with Gasteiger partial charge in [0.1, 0.15) is 35.4 Å². The van der Waals surface area contributed by atoms with Crippen LogP contribution in [0.3, 0.4) is 0 Å². The second-order valence-electron chi connectivity index (χ2n) is 11.2. The summed E-state index contributed by atoms with van der Waals surface area (Å²) in [5, 5.41) is 41.1. The van der Waals surface area contributed by atoms with Gasteiger partial charge in [0, 0.05) is 11.1 Å². The van der Waals surface area contributed by atoms with Crippen molar-refractivity contribution >= 4 is 23.1 Å². The number of nitrogens with zero attached hydrogens (tertiary/aromatic N) is 4. The van der Waals surface area contributed by atoms with Crippen LogP contribution in [-0.4, -0.2) is 26.2 Å². The van der Waals surface area contributed by atoms with E-state index in [4.69, 9.17) is 9.47 Å². The molecular formula is C38H30N4O4.